The SMILES string of the molecule is COc1ccc(C(=O)N2CCN(C(=O)C3(N)CCOCC3)CC2)cc1. The van der Waals surface area contributed by atoms with Crippen LogP contribution in [0, 0.1) is 0 Å². The second-order valence-electron chi connectivity index (χ2n) is 6.58. The Hall–Kier alpha value is -2.12. The molecule has 1 aromatic rings. The highest BCUT2D eigenvalue weighted by atomic mass is 16.5. The summed E-state index contributed by atoms with van der Waals surface area (Å²) < 4.78 is 10.4. The lowest BCUT2D eigenvalue weighted by molar-refractivity contribution is -0.142. The van der Waals surface area contributed by atoms with Gasteiger partial charge in [-0.3, -0.25) is 9.59 Å². The summed E-state index contributed by atoms with van der Waals surface area (Å²) in [7, 11) is 1.59. The molecular formula is C18H25N3O4. The maximum absolute atomic E-state index is 12.7. The zero-order valence-electron chi connectivity index (χ0n) is 14.6. The van der Waals surface area contributed by atoms with E-state index in [1.54, 1.807) is 41.2 Å². The maximum Gasteiger partial charge on any atom is 0.253 e. The smallest absolute Gasteiger partial charge is 0.253 e. The Labute approximate surface area is 147 Å². The van der Waals surface area contributed by atoms with Crippen molar-refractivity contribution in [2.45, 2.75) is 18.4 Å². The van der Waals surface area contributed by atoms with Crippen molar-refractivity contribution in [2.24, 2.45) is 5.73 Å². The van der Waals surface area contributed by atoms with Gasteiger partial charge in [-0.15, -0.1) is 0 Å². The number of hydrogen-bond donors (Lipinski definition) is 1. The molecule has 2 N–H and O–H groups in total. The Kier molecular flexibility index (Phi) is 5.24. The number of methoxy groups -OCH3 is 1. The zero-order valence-corrected chi connectivity index (χ0v) is 14.6. The van der Waals surface area contributed by atoms with E-state index < -0.39 is 5.54 Å². The monoisotopic (exact) mass is 347 g/mol. The van der Waals surface area contributed by atoms with Crippen LogP contribution in [0.3, 0.4) is 0 Å². The second-order valence-corrected chi connectivity index (χ2v) is 6.58. The average molecular weight is 347 g/mol. The highest BCUT2D eigenvalue weighted by molar-refractivity contribution is 5.94. The topological polar surface area (TPSA) is 85.1 Å². The van der Waals surface area contributed by atoms with E-state index in [1.807, 2.05) is 0 Å². The predicted octanol–water partition coefficient (Wildman–Crippen LogP) is 0.488. The van der Waals surface area contributed by atoms with E-state index in [-0.39, 0.29) is 11.8 Å². The molecule has 25 heavy (non-hydrogen) atoms. The van der Waals surface area contributed by atoms with E-state index in [2.05, 4.69) is 0 Å². The molecule has 0 atom stereocenters. The molecular weight excluding hydrogens is 322 g/mol. The highest BCUT2D eigenvalue weighted by Crippen LogP contribution is 2.22. The molecule has 2 aliphatic heterocycles. The first-order valence-corrected chi connectivity index (χ1v) is 8.63. The first-order chi connectivity index (χ1) is 12.0. The summed E-state index contributed by atoms with van der Waals surface area (Å²) in [5, 5.41) is 0. The van der Waals surface area contributed by atoms with Gasteiger partial charge in [-0.1, -0.05) is 0 Å². The zero-order chi connectivity index (χ0) is 17.9. The lowest BCUT2D eigenvalue weighted by atomic mass is 9.89. The third-order valence-electron chi connectivity index (χ3n) is 5.00. The van der Waals surface area contributed by atoms with Gasteiger partial charge in [0.1, 0.15) is 5.75 Å². The van der Waals surface area contributed by atoms with Crippen LogP contribution in [0.4, 0.5) is 0 Å². The van der Waals surface area contributed by atoms with Crippen molar-refractivity contribution >= 4 is 11.8 Å². The van der Waals surface area contributed by atoms with E-state index in [9.17, 15) is 9.59 Å². The van der Waals surface area contributed by atoms with Gasteiger partial charge >= 0.3 is 0 Å². The minimum Gasteiger partial charge on any atom is -0.497 e. The normalized spacial score (nSPS) is 20.2. The number of benzene rings is 1. The van der Waals surface area contributed by atoms with E-state index in [0.29, 0.717) is 57.8 Å². The van der Waals surface area contributed by atoms with Crippen LogP contribution >= 0.6 is 0 Å². The van der Waals surface area contributed by atoms with Crippen molar-refractivity contribution in [3.63, 3.8) is 0 Å². The molecule has 0 bridgehead atoms. The highest BCUT2D eigenvalue weighted by Gasteiger charge is 2.40. The van der Waals surface area contributed by atoms with Gasteiger partial charge in [0.2, 0.25) is 5.91 Å². The third kappa shape index (κ3) is 3.77. The van der Waals surface area contributed by atoms with E-state index >= 15 is 0 Å². The number of nitrogens with zero attached hydrogens (tertiary/aromatic N) is 2. The maximum atomic E-state index is 12.7. The second kappa shape index (κ2) is 7.41. The van der Waals surface area contributed by atoms with Crippen molar-refractivity contribution in [1.29, 1.82) is 0 Å². The first-order valence-electron chi connectivity index (χ1n) is 8.63. The summed E-state index contributed by atoms with van der Waals surface area (Å²) in [5.41, 5.74) is 6.09. The standard InChI is InChI=1S/C18H25N3O4/c1-24-15-4-2-14(3-5-15)16(22)20-8-10-21(11-9-20)17(23)18(19)6-12-25-13-7-18/h2-5H,6-13,19H2,1H3. The molecule has 1 aromatic carbocycles. The Morgan fingerprint density at radius 2 is 1.60 bits per heavy atom. The summed E-state index contributed by atoms with van der Waals surface area (Å²) in [6.07, 6.45) is 1.10. The van der Waals surface area contributed by atoms with E-state index in [0.717, 1.165) is 5.75 Å². The van der Waals surface area contributed by atoms with Gasteiger partial charge < -0.3 is 25.0 Å². The molecule has 0 unspecified atom stereocenters. The van der Waals surface area contributed by atoms with Crippen molar-refractivity contribution in [3.05, 3.63) is 29.8 Å². The van der Waals surface area contributed by atoms with Crippen LogP contribution in [-0.2, 0) is 9.53 Å². The number of piperazine rings is 1. The molecule has 2 aliphatic rings. The molecule has 3 rings (SSSR count). The number of rotatable bonds is 3. The van der Waals surface area contributed by atoms with Crippen LogP contribution in [-0.4, -0.2) is 73.7 Å². The van der Waals surface area contributed by atoms with Crippen LogP contribution in [0.1, 0.15) is 23.2 Å². The third-order valence-corrected chi connectivity index (χ3v) is 5.00. The van der Waals surface area contributed by atoms with Crippen LogP contribution in [0.15, 0.2) is 24.3 Å². The minimum absolute atomic E-state index is 0.0210. The quantitative estimate of drug-likeness (QED) is 0.860. The first kappa shape index (κ1) is 17.7. The molecule has 2 fully saturated rings. The Balaban J connectivity index is 1.57. The van der Waals surface area contributed by atoms with Gasteiger partial charge in [-0.05, 0) is 37.1 Å². The van der Waals surface area contributed by atoms with Gasteiger partial charge in [-0.25, -0.2) is 0 Å². The van der Waals surface area contributed by atoms with Crippen molar-refractivity contribution in [1.82, 2.24) is 9.80 Å². The number of ether oxygens (including phenoxy) is 2. The summed E-state index contributed by atoms with van der Waals surface area (Å²) in [6, 6.07) is 7.07. The van der Waals surface area contributed by atoms with E-state index in [4.69, 9.17) is 15.2 Å². The lowest BCUT2D eigenvalue weighted by Crippen LogP contribution is -2.61. The largest absolute Gasteiger partial charge is 0.497 e. The summed E-state index contributed by atoms with van der Waals surface area (Å²) in [6.45, 7) is 3.11. The molecule has 2 amide bonds. The molecule has 0 spiro atoms. The molecule has 7 heteroatoms. The fourth-order valence-corrected chi connectivity index (χ4v) is 3.29. The molecule has 0 saturated carbocycles. The molecule has 0 radical (unpaired) electrons. The summed E-state index contributed by atoms with van der Waals surface area (Å²) in [5.74, 6) is 0.673. The number of hydrogen-bond acceptors (Lipinski definition) is 5. The summed E-state index contributed by atoms with van der Waals surface area (Å²) in [4.78, 5) is 28.9. The van der Waals surface area contributed by atoms with E-state index in [1.165, 1.54) is 0 Å². The number of nitrogens with two attached hydrogens (primary N) is 1. The average Bonchev–Trinajstić information content (AvgIpc) is 2.67. The van der Waals surface area contributed by atoms with Gasteiger partial charge in [0, 0.05) is 45.0 Å². The number of carbonyl (C=O) groups is 2. The molecule has 0 aliphatic carbocycles. The van der Waals surface area contributed by atoms with Gasteiger partial charge in [-0.2, -0.15) is 0 Å². The fourth-order valence-electron chi connectivity index (χ4n) is 3.29. The van der Waals surface area contributed by atoms with Crippen LogP contribution < -0.4 is 10.5 Å². The molecule has 136 valence electrons. The van der Waals surface area contributed by atoms with Gasteiger partial charge in [0.05, 0.1) is 12.6 Å². The van der Waals surface area contributed by atoms with Crippen LogP contribution in [0.2, 0.25) is 0 Å². The summed E-state index contributed by atoms with van der Waals surface area (Å²) >= 11 is 0. The lowest BCUT2D eigenvalue weighted by Gasteiger charge is -2.40. The van der Waals surface area contributed by atoms with Crippen LogP contribution in [0.25, 0.3) is 0 Å². The van der Waals surface area contributed by atoms with Gasteiger partial charge in [0.15, 0.2) is 0 Å². The Morgan fingerprint density at radius 3 is 2.16 bits per heavy atom. The molecule has 2 saturated heterocycles. The molecule has 2 heterocycles. The van der Waals surface area contributed by atoms with Crippen molar-refractivity contribution in [2.75, 3.05) is 46.5 Å². The van der Waals surface area contributed by atoms with Gasteiger partial charge in [0.25, 0.3) is 5.91 Å². The number of amides is 2. The van der Waals surface area contributed by atoms with Crippen LogP contribution in [0.5, 0.6) is 5.75 Å². The Morgan fingerprint density at radius 1 is 1.04 bits per heavy atom. The van der Waals surface area contributed by atoms with Crippen molar-refractivity contribution < 1.29 is 19.1 Å². The molecule has 0 aromatic heterocycles. The number of carbonyl (C=O) groups excluding carboxylic acids is 2. The molecule has 7 nitrogen and oxygen atoms in total. The Bertz CT molecular complexity index is 618. The minimum atomic E-state index is -0.819. The fraction of sp³-hybridized carbons (Fsp3) is 0.556. The predicted molar refractivity (Wildman–Crippen MR) is 92.4 cm³/mol. The van der Waals surface area contributed by atoms with Crippen molar-refractivity contribution in [3.8, 4) is 5.75 Å².